The molecule has 1 N–H and O–H groups in total. The zero-order valence-corrected chi connectivity index (χ0v) is 10.6. The van der Waals surface area contributed by atoms with Crippen molar-refractivity contribution in [3.8, 4) is 5.75 Å². The molecule has 21 heavy (non-hydrogen) atoms. The van der Waals surface area contributed by atoms with Gasteiger partial charge in [0.05, 0.1) is 10.5 Å². The van der Waals surface area contributed by atoms with Crippen LogP contribution in [-0.2, 0) is 0 Å². The fourth-order valence-electron chi connectivity index (χ4n) is 1.66. The summed E-state index contributed by atoms with van der Waals surface area (Å²) in [7, 11) is 0. The van der Waals surface area contributed by atoms with Crippen LogP contribution in [0.3, 0.4) is 0 Å². The second kappa shape index (κ2) is 5.83. The fraction of sp³-hybridized carbons (Fsp3) is 0. The smallest absolute Gasteiger partial charge is 0.350 e. The standard InChI is InChI=1S/C14H9NO6/c16-13(17)9-4-3-5-10(8-9)21-14(18)11-6-1-2-7-12(11)15(19)20/h1-8H,(H,16,17). The van der Waals surface area contributed by atoms with Crippen LogP contribution in [0.5, 0.6) is 5.75 Å². The minimum Gasteiger partial charge on any atom is -0.478 e. The van der Waals surface area contributed by atoms with Gasteiger partial charge in [-0.15, -0.1) is 0 Å². The number of esters is 1. The zero-order valence-electron chi connectivity index (χ0n) is 10.6. The highest BCUT2D eigenvalue weighted by Gasteiger charge is 2.21. The minimum atomic E-state index is -1.17. The Hall–Kier alpha value is -3.22. The van der Waals surface area contributed by atoms with Gasteiger partial charge in [0.15, 0.2) is 0 Å². The first-order valence-corrected chi connectivity index (χ1v) is 5.78. The maximum Gasteiger partial charge on any atom is 0.350 e. The molecule has 0 radical (unpaired) electrons. The van der Waals surface area contributed by atoms with Crippen molar-refractivity contribution in [2.45, 2.75) is 0 Å². The molecule has 0 heterocycles. The molecular formula is C14H9NO6. The molecule has 2 rings (SSSR count). The number of ether oxygens (including phenoxy) is 1. The highest BCUT2D eigenvalue weighted by Crippen LogP contribution is 2.21. The summed E-state index contributed by atoms with van der Waals surface area (Å²) in [5, 5.41) is 19.7. The maximum absolute atomic E-state index is 11.9. The molecule has 0 saturated heterocycles. The average molecular weight is 287 g/mol. The Morgan fingerprint density at radius 1 is 1.10 bits per heavy atom. The molecule has 0 saturated carbocycles. The molecule has 2 aromatic rings. The molecule has 0 unspecified atom stereocenters. The van der Waals surface area contributed by atoms with E-state index in [2.05, 4.69) is 0 Å². The van der Waals surface area contributed by atoms with Crippen LogP contribution < -0.4 is 4.74 Å². The molecular weight excluding hydrogens is 278 g/mol. The molecule has 0 bridgehead atoms. The van der Waals surface area contributed by atoms with Gasteiger partial charge in [0.2, 0.25) is 0 Å². The Morgan fingerprint density at radius 3 is 2.48 bits per heavy atom. The molecule has 0 aliphatic carbocycles. The predicted octanol–water partition coefficient (Wildman–Crippen LogP) is 2.51. The minimum absolute atomic E-state index is 0.00180. The van der Waals surface area contributed by atoms with Crippen molar-refractivity contribution in [2.24, 2.45) is 0 Å². The molecule has 0 atom stereocenters. The van der Waals surface area contributed by atoms with Gasteiger partial charge in [0, 0.05) is 6.07 Å². The average Bonchev–Trinajstić information content (AvgIpc) is 2.47. The van der Waals surface area contributed by atoms with Gasteiger partial charge in [-0.25, -0.2) is 9.59 Å². The highest BCUT2D eigenvalue weighted by molar-refractivity contribution is 5.95. The van der Waals surface area contributed by atoms with Crippen LogP contribution in [0.25, 0.3) is 0 Å². The number of aromatic carboxylic acids is 1. The number of para-hydroxylation sites is 1. The van der Waals surface area contributed by atoms with Gasteiger partial charge in [-0.3, -0.25) is 10.1 Å². The Kier molecular flexibility index (Phi) is 3.94. The first-order chi connectivity index (χ1) is 9.99. The number of carboxylic acids is 1. The van der Waals surface area contributed by atoms with Crippen LogP contribution in [-0.4, -0.2) is 22.0 Å². The molecule has 0 aliphatic heterocycles. The lowest BCUT2D eigenvalue weighted by atomic mass is 10.2. The quantitative estimate of drug-likeness (QED) is 0.400. The third kappa shape index (κ3) is 3.21. The van der Waals surface area contributed by atoms with Crippen LogP contribution in [0, 0.1) is 10.1 Å². The molecule has 7 nitrogen and oxygen atoms in total. The number of carbonyl (C=O) groups excluding carboxylic acids is 1. The fourth-order valence-corrected chi connectivity index (χ4v) is 1.66. The van der Waals surface area contributed by atoms with Crippen LogP contribution in [0.15, 0.2) is 48.5 Å². The zero-order chi connectivity index (χ0) is 15.4. The van der Waals surface area contributed by atoms with Crippen LogP contribution >= 0.6 is 0 Å². The number of hydrogen-bond donors (Lipinski definition) is 1. The third-order valence-electron chi connectivity index (χ3n) is 2.61. The molecule has 106 valence electrons. The molecule has 0 aromatic heterocycles. The van der Waals surface area contributed by atoms with E-state index in [0.29, 0.717) is 0 Å². The summed E-state index contributed by atoms with van der Waals surface area (Å²) >= 11 is 0. The lowest BCUT2D eigenvalue weighted by Gasteiger charge is -2.05. The first-order valence-electron chi connectivity index (χ1n) is 5.78. The van der Waals surface area contributed by atoms with Gasteiger partial charge >= 0.3 is 11.9 Å². The van der Waals surface area contributed by atoms with E-state index >= 15 is 0 Å². The third-order valence-corrected chi connectivity index (χ3v) is 2.61. The van der Waals surface area contributed by atoms with E-state index in [4.69, 9.17) is 9.84 Å². The van der Waals surface area contributed by atoms with Crippen molar-refractivity contribution < 1.29 is 24.4 Å². The van der Waals surface area contributed by atoms with Crippen molar-refractivity contribution >= 4 is 17.6 Å². The van der Waals surface area contributed by atoms with Crippen molar-refractivity contribution in [1.29, 1.82) is 0 Å². The molecule has 0 spiro atoms. The summed E-state index contributed by atoms with van der Waals surface area (Å²) in [6.07, 6.45) is 0. The van der Waals surface area contributed by atoms with Crippen molar-refractivity contribution in [3.63, 3.8) is 0 Å². The van der Waals surface area contributed by atoms with E-state index in [1.54, 1.807) is 0 Å². The number of nitrogens with zero attached hydrogens (tertiary/aromatic N) is 1. The van der Waals surface area contributed by atoms with E-state index in [9.17, 15) is 19.7 Å². The molecule has 7 heteroatoms. The largest absolute Gasteiger partial charge is 0.478 e. The predicted molar refractivity (Wildman–Crippen MR) is 71.5 cm³/mol. The molecule has 0 fully saturated rings. The maximum atomic E-state index is 11.9. The lowest BCUT2D eigenvalue weighted by Crippen LogP contribution is -2.11. The van der Waals surface area contributed by atoms with Gasteiger partial charge < -0.3 is 9.84 Å². The van der Waals surface area contributed by atoms with Crippen LogP contribution in [0.2, 0.25) is 0 Å². The Labute approximate surface area is 118 Å². The summed E-state index contributed by atoms with van der Waals surface area (Å²) < 4.78 is 4.98. The second-order valence-corrected chi connectivity index (χ2v) is 4.00. The van der Waals surface area contributed by atoms with E-state index in [1.165, 1.54) is 42.5 Å². The number of rotatable bonds is 4. The first kappa shape index (κ1) is 14.2. The summed E-state index contributed by atoms with van der Waals surface area (Å²) in [5.41, 5.74) is -0.636. The summed E-state index contributed by atoms with van der Waals surface area (Å²) in [6, 6.07) is 10.6. The highest BCUT2D eigenvalue weighted by atomic mass is 16.6. The Balaban J connectivity index is 2.28. The van der Waals surface area contributed by atoms with E-state index in [0.717, 1.165) is 6.07 Å². The molecule has 0 amide bonds. The Morgan fingerprint density at radius 2 is 1.81 bits per heavy atom. The van der Waals surface area contributed by atoms with E-state index in [1.807, 2.05) is 0 Å². The topological polar surface area (TPSA) is 107 Å². The molecule has 2 aromatic carbocycles. The lowest BCUT2D eigenvalue weighted by molar-refractivity contribution is -0.385. The summed E-state index contributed by atoms with van der Waals surface area (Å²) in [5.74, 6) is -2.10. The van der Waals surface area contributed by atoms with Crippen LogP contribution in [0.1, 0.15) is 20.7 Å². The van der Waals surface area contributed by atoms with Crippen molar-refractivity contribution in [1.82, 2.24) is 0 Å². The van der Waals surface area contributed by atoms with Crippen LogP contribution in [0.4, 0.5) is 5.69 Å². The van der Waals surface area contributed by atoms with Crippen molar-refractivity contribution in [3.05, 3.63) is 69.8 Å². The Bertz CT molecular complexity index is 725. The summed E-state index contributed by atoms with van der Waals surface area (Å²) in [4.78, 5) is 32.9. The van der Waals surface area contributed by atoms with Gasteiger partial charge in [0.25, 0.3) is 5.69 Å². The number of carbonyl (C=O) groups is 2. The van der Waals surface area contributed by atoms with Gasteiger partial charge in [-0.05, 0) is 24.3 Å². The van der Waals surface area contributed by atoms with Crippen molar-refractivity contribution in [2.75, 3.05) is 0 Å². The summed E-state index contributed by atoms with van der Waals surface area (Å²) in [6.45, 7) is 0. The number of carboxylic acid groups (broad SMARTS) is 1. The van der Waals surface area contributed by atoms with Gasteiger partial charge in [0.1, 0.15) is 11.3 Å². The normalized spacial score (nSPS) is 9.90. The number of hydrogen-bond acceptors (Lipinski definition) is 5. The number of nitro groups is 1. The van der Waals surface area contributed by atoms with Gasteiger partial charge in [-0.2, -0.15) is 0 Å². The number of nitro benzene ring substituents is 1. The van der Waals surface area contributed by atoms with Gasteiger partial charge in [-0.1, -0.05) is 18.2 Å². The molecule has 0 aliphatic rings. The van der Waals surface area contributed by atoms with E-state index in [-0.39, 0.29) is 22.6 Å². The second-order valence-electron chi connectivity index (χ2n) is 4.00. The number of benzene rings is 2. The SMILES string of the molecule is O=C(O)c1cccc(OC(=O)c2ccccc2[N+](=O)[O-])c1. The van der Waals surface area contributed by atoms with E-state index < -0.39 is 16.9 Å². The monoisotopic (exact) mass is 287 g/mol.